The second kappa shape index (κ2) is 8.13. The number of ether oxygens (including phenoxy) is 2. The van der Waals surface area contributed by atoms with E-state index in [1.165, 1.54) is 32.4 Å². The van der Waals surface area contributed by atoms with E-state index in [0.717, 1.165) is 23.0 Å². The van der Waals surface area contributed by atoms with Gasteiger partial charge in [0, 0.05) is 0 Å². The lowest BCUT2D eigenvalue weighted by atomic mass is 10.1. The number of amidine groups is 1. The zero-order valence-electron chi connectivity index (χ0n) is 15.4. The van der Waals surface area contributed by atoms with Gasteiger partial charge in [-0.1, -0.05) is 18.2 Å². The molecule has 1 saturated heterocycles. The minimum atomic E-state index is -0.534. The molecule has 1 heterocycles. The van der Waals surface area contributed by atoms with Gasteiger partial charge in [0.15, 0.2) is 16.7 Å². The lowest BCUT2D eigenvalue weighted by Gasteiger charge is -2.08. The lowest BCUT2D eigenvalue weighted by Crippen LogP contribution is -2.19. The molecule has 28 heavy (non-hydrogen) atoms. The maximum absolute atomic E-state index is 12.3. The summed E-state index contributed by atoms with van der Waals surface area (Å²) in [6.45, 7) is 1.92. The average Bonchev–Trinajstić information content (AvgIpc) is 3.02. The van der Waals surface area contributed by atoms with E-state index in [1.54, 1.807) is 0 Å². The van der Waals surface area contributed by atoms with Gasteiger partial charge in [-0.25, -0.2) is 4.99 Å². The van der Waals surface area contributed by atoms with Crippen LogP contribution in [0.1, 0.15) is 11.1 Å². The number of hydrogen-bond acceptors (Lipinski definition) is 7. The summed E-state index contributed by atoms with van der Waals surface area (Å²) in [6.07, 6.45) is 1.44. The molecule has 144 valence electrons. The summed E-state index contributed by atoms with van der Waals surface area (Å²) >= 11 is 1.12. The number of benzene rings is 2. The lowest BCUT2D eigenvalue weighted by molar-refractivity contribution is -0.385. The highest BCUT2D eigenvalue weighted by Crippen LogP contribution is 2.37. The summed E-state index contributed by atoms with van der Waals surface area (Å²) in [5, 5.41) is 14.5. The Kier molecular flexibility index (Phi) is 5.65. The van der Waals surface area contributed by atoms with Crippen LogP contribution in [-0.2, 0) is 4.79 Å². The third-order valence-electron chi connectivity index (χ3n) is 4.00. The van der Waals surface area contributed by atoms with Crippen molar-refractivity contribution in [1.29, 1.82) is 0 Å². The van der Waals surface area contributed by atoms with Crippen molar-refractivity contribution in [3.05, 3.63) is 62.5 Å². The van der Waals surface area contributed by atoms with Crippen molar-refractivity contribution in [3.63, 3.8) is 0 Å². The molecule has 0 spiro atoms. The van der Waals surface area contributed by atoms with Gasteiger partial charge in [-0.05, 0) is 42.5 Å². The Morgan fingerprint density at radius 3 is 2.50 bits per heavy atom. The van der Waals surface area contributed by atoms with E-state index in [2.05, 4.69) is 10.3 Å². The molecular formula is C19H17N3O5S. The van der Waals surface area contributed by atoms with Gasteiger partial charge >= 0.3 is 0 Å². The van der Waals surface area contributed by atoms with Gasteiger partial charge in [0.25, 0.3) is 11.6 Å². The predicted octanol–water partition coefficient (Wildman–Crippen LogP) is 3.81. The molecule has 3 rings (SSSR count). The van der Waals surface area contributed by atoms with E-state index in [9.17, 15) is 14.9 Å². The largest absolute Gasteiger partial charge is 0.493 e. The average molecular weight is 399 g/mol. The molecule has 0 aliphatic carbocycles. The van der Waals surface area contributed by atoms with Crippen molar-refractivity contribution in [3.8, 4) is 11.5 Å². The van der Waals surface area contributed by atoms with Gasteiger partial charge in [0.05, 0.1) is 41.4 Å². The van der Waals surface area contributed by atoms with Crippen LogP contribution in [0.2, 0.25) is 0 Å². The maximum Gasteiger partial charge on any atom is 0.280 e. The minimum Gasteiger partial charge on any atom is -0.493 e. The number of carbonyl (C=O) groups is 1. The van der Waals surface area contributed by atoms with Crippen LogP contribution in [0.3, 0.4) is 0 Å². The number of nitrogens with zero attached hydrogens (tertiary/aromatic N) is 2. The molecule has 0 atom stereocenters. The molecule has 0 radical (unpaired) electrons. The number of nitro benzene ring substituents is 1. The summed E-state index contributed by atoms with van der Waals surface area (Å²) in [6, 6.07) is 10.3. The molecule has 0 unspecified atom stereocenters. The Morgan fingerprint density at radius 2 is 1.86 bits per heavy atom. The molecule has 2 aromatic rings. The van der Waals surface area contributed by atoms with Crippen LogP contribution in [0, 0.1) is 17.0 Å². The zero-order valence-corrected chi connectivity index (χ0v) is 16.2. The van der Waals surface area contributed by atoms with Crippen LogP contribution in [-0.4, -0.2) is 30.2 Å². The number of para-hydroxylation sites is 1. The van der Waals surface area contributed by atoms with Gasteiger partial charge < -0.3 is 14.8 Å². The Balaban J connectivity index is 1.99. The van der Waals surface area contributed by atoms with Crippen LogP contribution < -0.4 is 14.8 Å². The fraction of sp³-hybridized carbons (Fsp3) is 0.158. The summed E-state index contributed by atoms with van der Waals surface area (Å²) in [5.41, 5.74) is 1.75. The minimum absolute atomic E-state index is 0.192. The fourth-order valence-electron chi connectivity index (χ4n) is 2.58. The van der Waals surface area contributed by atoms with E-state index in [-0.39, 0.29) is 22.9 Å². The third kappa shape index (κ3) is 3.99. The first-order chi connectivity index (χ1) is 13.4. The van der Waals surface area contributed by atoms with E-state index < -0.39 is 4.92 Å². The second-order valence-electron chi connectivity index (χ2n) is 5.79. The monoisotopic (exact) mass is 399 g/mol. The highest BCUT2D eigenvalue weighted by Gasteiger charge is 2.26. The normalized spacial score (nSPS) is 16.3. The van der Waals surface area contributed by atoms with Crippen molar-refractivity contribution in [2.45, 2.75) is 6.92 Å². The maximum atomic E-state index is 12.3. The second-order valence-corrected chi connectivity index (χ2v) is 6.82. The zero-order chi connectivity index (χ0) is 20.3. The smallest absolute Gasteiger partial charge is 0.280 e. The van der Waals surface area contributed by atoms with Crippen LogP contribution in [0.5, 0.6) is 11.5 Å². The molecule has 2 aromatic carbocycles. The number of nitro groups is 1. The Morgan fingerprint density at radius 1 is 1.18 bits per heavy atom. The first kappa shape index (κ1) is 19.4. The number of hydrogen-bond donors (Lipinski definition) is 1. The molecule has 1 fully saturated rings. The summed E-state index contributed by atoms with van der Waals surface area (Å²) in [4.78, 5) is 28.0. The van der Waals surface area contributed by atoms with Gasteiger partial charge in [-0.3, -0.25) is 14.9 Å². The number of methoxy groups -OCH3 is 2. The van der Waals surface area contributed by atoms with Gasteiger partial charge in [-0.2, -0.15) is 0 Å². The third-order valence-corrected chi connectivity index (χ3v) is 4.91. The number of rotatable bonds is 5. The molecule has 0 saturated carbocycles. The van der Waals surface area contributed by atoms with Crippen LogP contribution >= 0.6 is 11.8 Å². The van der Waals surface area contributed by atoms with E-state index in [4.69, 9.17) is 9.47 Å². The molecule has 1 aliphatic heterocycles. The first-order valence-electron chi connectivity index (χ1n) is 8.18. The fourth-order valence-corrected chi connectivity index (χ4v) is 3.40. The van der Waals surface area contributed by atoms with Crippen LogP contribution in [0.4, 0.5) is 11.4 Å². The molecule has 1 N–H and O–H groups in total. The molecule has 9 heteroatoms. The van der Waals surface area contributed by atoms with Crippen molar-refractivity contribution >= 4 is 40.3 Å². The van der Waals surface area contributed by atoms with E-state index >= 15 is 0 Å². The number of amides is 1. The van der Waals surface area contributed by atoms with Gasteiger partial charge in [0.2, 0.25) is 0 Å². The number of nitrogens with one attached hydrogen (secondary N) is 1. The summed E-state index contributed by atoms with van der Waals surface area (Å²) < 4.78 is 10.3. The van der Waals surface area contributed by atoms with Gasteiger partial charge in [0.1, 0.15) is 0 Å². The van der Waals surface area contributed by atoms with Crippen LogP contribution in [0.25, 0.3) is 6.08 Å². The SMILES string of the molecule is COc1cc(/C=C2\SC(=Nc3ccccc3C)NC2=O)c([N+](=O)[O-])cc1OC. The Bertz CT molecular complexity index is 1020. The van der Waals surface area contributed by atoms with E-state index in [1.807, 2.05) is 31.2 Å². The van der Waals surface area contributed by atoms with Crippen LogP contribution in [0.15, 0.2) is 46.3 Å². The predicted molar refractivity (Wildman–Crippen MR) is 108 cm³/mol. The molecule has 1 aliphatic rings. The molecule has 8 nitrogen and oxygen atoms in total. The summed E-state index contributed by atoms with van der Waals surface area (Å²) in [5.74, 6) is 0.195. The van der Waals surface area contributed by atoms with Gasteiger partial charge in [-0.15, -0.1) is 0 Å². The first-order valence-corrected chi connectivity index (χ1v) is 9.00. The summed E-state index contributed by atoms with van der Waals surface area (Å²) in [7, 11) is 2.83. The van der Waals surface area contributed by atoms with Crippen molar-refractivity contribution in [2.24, 2.45) is 4.99 Å². The number of thioether (sulfide) groups is 1. The molecule has 1 amide bonds. The standard InChI is InChI=1S/C19H17N3O5S/c1-11-6-4-5-7-13(11)20-19-21-18(23)17(28-19)9-12-8-15(26-2)16(27-3)10-14(12)22(24)25/h4-10H,1-3H3,(H,20,21,23)/b17-9-. The number of aryl methyl sites for hydroxylation is 1. The van der Waals surface area contributed by atoms with Crippen molar-refractivity contribution in [2.75, 3.05) is 14.2 Å². The highest BCUT2D eigenvalue weighted by molar-refractivity contribution is 8.18. The van der Waals surface area contributed by atoms with E-state index in [0.29, 0.717) is 15.8 Å². The Hall–Kier alpha value is -3.33. The number of carbonyl (C=O) groups excluding carboxylic acids is 1. The van der Waals surface area contributed by atoms with Crippen molar-refractivity contribution < 1.29 is 19.2 Å². The molecule has 0 bridgehead atoms. The van der Waals surface area contributed by atoms with Crippen molar-refractivity contribution in [1.82, 2.24) is 5.32 Å². The highest BCUT2D eigenvalue weighted by atomic mass is 32.2. The molecule has 0 aromatic heterocycles. The Labute approximate surface area is 165 Å². The number of aliphatic imine (C=N–C) groups is 1. The quantitative estimate of drug-likeness (QED) is 0.466. The topological polar surface area (TPSA) is 103 Å². The molecular weight excluding hydrogens is 382 g/mol.